The summed E-state index contributed by atoms with van der Waals surface area (Å²) >= 11 is 0. The Balaban J connectivity index is 4.22. The van der Waals surface area contributed by atoms with Crippen molar-refractivity contribution >= 4 is 5.91 Å². The molecule has 112 valence electrons. The number of hydrogen-bond acceptors (Lipinski definition) is 2. The summed E-state index contributed by atoms with van der Waals surface area (Å²) in [5.74, 6) is 0.0586. The molecule has 0 fully saturated rings. The van der Waals surface area contributed by atoms with Gasteiger partial charge in [0.05, 0.1) is 0 Å². The average Bonchev–Trinajstić information content (AvgIpc) is 2.41. The molecule has 0 heterocycles. The maximum Gasteiger partial charge on any atom is 0.260 e. The van der Waals surface area contributed by atoms with Gasteiger partial charge in [0.15, 0.2) is 0 Å². The lowest BCUT2D eigenvalue weighted by Gasteiger charge is -2.23. The van der Waals surface area contributed by atoms with Crippen molar-refractivity contribution in [2.24, 2.45) is 0 Å². The minimum absolute atomic E-state index is 0.0586. The van der Waals surface area contributed by atoms with E-state index in [0.717, 1.165) is 57.2 Å². The summed E-state index contributed by atoms with van der Waals surface area (Å²) in [6, 6.07) is 0. The van der Waals surface area contributed by atoms with Crippen LogP contribution >= 0.6 is 0 Å². The fraction of sp³-hybridized carbons (Fsp3) is 0.812. The number of hydrogen-bond donors (Lipinski definition) is 1. The Bertz CT molecular complexity index is 253. The molecule has 0 radical (unpaired) electrons. The van der Waals surface area contributed by atoms with Crippen molar-refractivity contribution in [3.05, 3.63) is 11.6 Å². The van der Waals surface area contributed by atoms with Crippen LogP contribution in [0.15, 0.2) is 11.6 Å². The van der Waals surface area contributed by atoms with Crippen molar-refractivity contribution in [3.63, 3.8) is 0 Å². The largest absolute Gasteiger partial charge is 0.285 e. The zero-order chi connectivity index (χ0) is 14.5. The molecule has 1 N–H and O–H groups in total. The maximum absolute atomic E-state index is 12.1. The second-order valence-corrected chi connectivity index (χ2v) is 5.16. The zero-order valence-electron chi connectivity index (χ0n) is 13.3. The summed E-state index contributed by atoms with van der Waals surface area (Å²) in [5, 5.41) is 2.08. The van der Waals surface area contributed by atoms with Gasteiger partial charge in [-0.25, -0.2) is 5.01 Å². The summed E-state index contributed by atoms with van der Waals surface area (Å²) in [7, 11) is 0. The van der Waals surface area contributed by atoms with E-state index in [1.807, 2.05) is 6.92 Å². The number of carbonyl (C=O) groups is 1. The van der Waals surface area contributed by atoms with Gasteiger partial charge in [-0.15, -0.1) is 0 Å². The molecule has 0 aromatic carbocycles. The molecule has 0 bridgehead atoms. The lowest BCUT2D eigenvalue weighted by atomic mass is 10.2. The first-order valence-corrected chi connectivity index (χ1v) is 7.88. The molecule has 0 saturated heterocycles. The number of nitrogens with one attached hydrogen (secondary N) is 1. The van der Waals surface area contributed by atoms with Gasteiger partial charge < -0.3 is 0 Å². The summed E-state index contributed by atoms with van der Waals surface area (Å²) in [4.78, 5) is 12.1. The predicted molar refractivity (Wildman–Crippen MR) is 82.8 cm³/mol. The molecule has 0 atom stereocenters. The second kappa shape index (κ2) is 12.2. The molecule has 0 aliphatic heterocycles. The van der Waals surface area contributed by atoms with Crippen molar-refractivity contribution in [3.8, 4) is 0 Å². The lowest BCUT2D eigenvalue weighted by Crippen LogP contribution is -2.43. The van der Waals surface area contributed by atoms with Crippen LogP contribution in [0, 0.1) is 0 Å². The topological polar surface area (TPSA) is 32.3 Å². The highest BCUT2D eigenvalue weighted by Crippen LogP contribution is 2.02. The molecular weight excluding hydrogens is 236 g/mol. The Hall–Kier alpha value is -0.830. The minimum atomic E-state index is 0.0586. The molecule has 0 unspecified atom stereocenters. The van der Waals surface area contributed by atoms with Gasteiger partial charge in [0.1, 0.15) is 0 Å². The monoisotopic (exact) mass is 268 g/mol. The van der Waals surface area contributed by atoms with Crippen LogP contribution in [0.25, 0.3) is 0 Å². The molecule has 0 rings (SSSR count). The number of hydrazine groups is 1. The Morgan fingerprint density at radius 3 is 2.00 bits per heavy atom. The molecule has 0 spiro atoms. The first-order valence-electron chi connectivity index (χ1n) is 7.88. The Morgan fingerprint density at radius 1 is 1.00 bits per heavy atom. The summed E-state index contributed by atoms with van der Waals surface area (Å²) < 4.78 is 0. The normalized spacial score (nSPS) is 11.9. The van der Waals surface area contributed by atoms with Gasteiger partial charge in [0.2, 0.25) is 0 Å². The first kappa shape index (κ1) is 18.2. The van der Waals surface area contributed by atoms with Crippen molar-refractivity contribution < 1.29 is 4.79 Å². The summed E-state index contributed by atoms with van der Waals surface area (Å²) in [6.07, 6.45) is 9.94. The van der Waals surface area contributed by atoms with Gasteiger partial charge in [-0.3, -0.25) is 10.2 Å². The van der Waals surface area contributed by atoms with Crippen molar-refractivity contribution in [1.82, 2.24) is 10.4 Å². The Kier molecular flexibility index (Phi) is 11.7. The number of unbranched alkanes of at least 4 members (excludes halogenated alkanes) is 4. The van der Waals surface area contributed by atoms with E-state index in [1.165, 1.54) is 6.42 Å². The molecule has 3 heteroatoms. The molecule has 19 heavy (non-hydrogen) atoms. The number of amides is 1. The molecule has 0 aromatic heterocycles. The van der Waals surface area contributed by atoms with Crippen molar-refractivity contribution in [2.45, 2.75) is 72.6 Å². The lowest BCUT2D eigenvalue weighted by molar-refractivity contribution is -0.122. The van der Waals surface area contributed by atoms with Crippen LogP contribution in [-0.4, -0.2) is 24.0 Å². The molecule has 1 amide bonds. The van der Waals surface area contributed by atoms with E-state index >= 15 is 0 Å². The third-order valence-corrected chi connectivity index (χ3v) is 3.19. The highest BCUT2D eigenvalue weighted by molar-refractivity contribution is 5.92. The summed E-state index contributed by atoms with van der Waals surface area (Å²) in [6.45, 7) is 10.3. The number of carbonyl (C=O) groups excluding carboxylic acids is 1. The number of nitrogens with zero attached hydrogens (tertiary/aromatic N) is 1. The molecule has 0 saturated carbocycles. The predicted octanol–water partition coefficient (Wildman–Crippen LogP) is 4.06. The van der Waals surface area contributed by atoms with E-state index in [4.69, 9.17) is 0 Å². The third kappa shape index (κ3) is 9.71. The zero-order valence-corrected chi connectivity index (χ0v) is 13.3. The van der Waals surface area contributed by atoms with Crippen LogP contribution in [0.2, 0.25) is 0 Å². The van der Waals surface area contributed by atoms with Gasteiger partial charge in [-0.1, -0.05) is 52.5 Å². The van der Waals surface area contributed by atoms with Crippen LogP contribution in [0.4, 0.5) is 0 Å². The highest BCUT2D eigenvalue weighted by Gasteiger charge is 2.09. The van der Waals surface area contributed by atoms with Gasteiger partial charge in [0, 0.05) is 18.7 Å². The minimum Gasteiger partial charge on any atom is -0.285 e. The number of allylic oxidation sites excluding steroid dienone is 1. The first-order chi connectivity index (χ1) is 9.15. The highest BCUT2D eigenvalue weighted by atomic mass is 16.2. The standard InChI is InChI=1S/C16H32N2O/c1-5-8-11-12-15(4)16(19)17-18(13-9-6-2)14-10-7-3/h12H,5-11,13-14H2,1-4H3,(H,17,19). The molecular formula is C16H32N2O. The van der Waals surface area contributed by atoms with Crippen molar-refractivity contribution in [1.29, 1.82) is 0 Å². The quantitative estimate of drug-likeness (QED) is 0.348. The maximum atomic E-state index is 12.1. The molecule has 3 nitrogen and oxygen atoms in total. The van der Waals surface area contributed by atoms with Crippen LogP contribution in [-0.2, 0) is 4.79 Å². The third-order valence-electron chi connectivity index (χ3n) is 3.19. The van der Waals surface area contributed by atoms with Gasteiger partial charge in [-0.05, 0) is 26.2 Å². The SMILES string of the molecule is CCCCC=C(C)C(=O)NN(CCCC)CCCC. The van der Waals surface area contributed by atoms with Gasteiger partial charge in [-0.2, -0.15) is 0 Å². The molecule has 0 aliphatic carbocycles. The van der Waals surface area contributed by atoms with Crippen LogP contribution < -0.4 is 5.43 Å². The second-order valence-electron chi connectivity index (χ2n) is 5.16. The number of rotatable bonds is 11. The Labute approximate surface area is 119 Å². The van der Waals surface area contributed by atoms with Crippen LogP contribution in [0.3, 0.4) is 0 Å². The van der Waals surface area contributed by atoms with E-state index in [1.54, 1.807) is 0 Å². The van der Waals surface area contributed by atoms with E-state index in [9.17, 15) is 4.79 Å². The van der Waals surface area contributed by atoms with Gasteiger partial charge >= 0.3 is 0 Å². The van der Waals surface area contributed by atoms with Crippen molar-refractivity contribution in [2.75, 3.05) is 13.1 Å². The molecule has 0 aromatic rings. The fourth-order valence-corrected chi connectivity index (χ4v) is 1.77. The van der Waals surface area contributed by atoms with E-state index in [2.05, 4.69) is 37.3 Å². The smallest absolute Gasteiger partial charge is 0.260 e. The van der Waals surface area contributed by atoms with Gasteiger partial charge in [0.25, 0.3) is 5.91 Å². The summed E-state index contributed by atoms with van der Waals surface area (Å²) in [5.41, 5.74) is 3.88. The Morgan fingerprint density at radius 2 is 1.53 bits per heavy atom. The van der Waals surface area contributed by atoms with Crippen LogP contribution in [0.5, 0.6) is 0 Å². The average molecular weight is 268 g/mol. The van der Waals surface area contributed by atoms with E-state index in [0.29, 0.717) is 0 Å². The molecule has 0 aliphatic rings. The fourth-order valence-electron chi connectivity index (χ4n) is 1.77. The van der Waals surface area contributed by atoms with E-state index in [-0.39, 0.29) is 5.91 Å². The van der Waals surface area contributed by atoms with Crippen LogP contribution in [0.1, 0.15) is 72.6 Å². The van der Waals surface area contributed by atoms with E-state index < -0.39 is 0 Å².